The molecule has 1 unspecified atom stereocenters. The zero-order valence-corrected chi connectivity index (χ0v) is 23.1. The molecule has 4 rings (SSSR count). The van der Waals surface area contributed by atoms with Crippen molar-refractivity contribution in [2.24, 2.45) is 0 Å². The van der Waals surface area contributed by atoms with Gasteiger partial charge in [0.25, 0.3) is 10.0 Å². The molecule has 0 saturated carbocycles. The highest BCUT2D eigenvalue weighted by Crippen LogP contribution is 2.34. The monoisotopic (exact) mass is 556 g/mol. The van der Waals surface area contributed by atoms with Gasteiger partial charge >= 0.3 is 0 Å². The molecule has 39 heavy (non-hydrogen) atoms. The summed E-state index contributed by atoms with van der Waals surface area (Å²) in [4.78, 5) is 13.2. The van der Waals surface area contributed by atoms with Crippen LogP contribution in [0.25, 0.3) is 0 Å². The van der Waals surface area contributed by atoms with Gasteiger partial charge in [-0.3, -0.25) is 9.10 Å². The molecule has 1 atom stereocenters. The van der Waals surface area contributed by atoms with Gasteiger partial charge in [0.1, 0.15) is 25.5 Å². The SMILES string of the molecule is CCOc1ccc(N(CC(=O)NC(C)c2ccc3c(c2)OCCO3)S(=O)(=O)c2ccc(OC)c(OC)c2)cc1. The molecule has 1 heterocycles. The number of carbonyl (C=O) groups excluding carboxylic acids is 1. The molecule has 0 saturated heterocycles. The lowest BCUT2D eigenvalue weighted by molar-refractivity contribution is -0.120. The Balaban J connectivity index is 1.61. The molecule has 0 bridgehead atoms. The number of hydrogen-bond acceptors (Lipinski definition) is 8. The molecule has 0 aliphatic carbocycles. The fourth-order valence-corrected chi connectivity index (χ4v) is 5.56. The van der Waals surface area contributed by atoms with Gasteiger partial charge in [0, 0.05) is 6.07 Å². The number of fused-ring (bicyclic) bond motifs is 1. The third-order valence-electron chi connectivity index (χ3n) is 6.11. The van der Waals surface area contributed by atoms with E-state index in [1.54, 1.807) is 30.3 Å². The minimum Gasteiger partial charge on any atom is -0.494 e. The summed E-state index contributed by atoms with van der Waals surface area (Å²) in [5, 5.41) is 2.89. The maximum Gasteiger partial charge on any atom is 0.264 e. The summed E-state index contributed by atoms with van der Waals surface area (Å²) in [6.45, 7) is 4.60. The second kappa shape index (κ2) is 12.2. The number of sulfonamides is 1. The van der Waals surface area contributed by atoms with Gasteiger partial charge in [0.15, 0.2) is 23.0 Å². The molecule has 1 aliphatic heterocycles. The predicted molar refractivity (Wildman–Crippen MR) is 146 cm³/mol. The molecular weight excluding hydrogens is 524 g/mol. The van der Waals surface area contributed by atoms with Gasteiger partial charge in [-0.2, -0.15) is 0 Å². The minimum atomic E-state index is -4.18. The summed E-state index contributed by atoms with van der Waals surface area (Å²) in [6.07, 6.45) is 0. The number of methoxy groups -OCH3 is 2. The lowest BCUT2D eigenvalue weighted by Crippen LogP contribution is -2.41. The highest BCUT2D eigenvalue weighted by molar-refractivity contribution is 7.92. The Morgan fingerprint density at radius 3 is 2.31 bits per heavy atom. The second-order valence-electron chi connectivity index (χ2n) is 8.65. The van der Waals surface area contributed by atoms with Gasteiger partial charge < -0.3 is 29.0 Å². The Morgan fingerprint density at radius 1 is 0.949 bits per heavy atom. The summed E-state index contributed by atoms with van der Waals surface area (Å²) in [5.74, 6) is 1.98. The van der Waals surface area contributed by atoms with Gasteiger partial charge in [-0.05, 0) is 67.9 Å². The zero-order chi connectivity index (χ0) is 28.0. The van der Waals surface area contributed by atoms with Gasteiger partial charge in [-0.15, -0.1) is 0 Å². The molecule has 3 aromatic rings. The second-order valence-corrected chi connectivity index (χ2v) is 10.5. The third kappa shape index (κ3) is 6.31. The summed E-state index contributed by atoms with van der Waals surface area (Å²) < 4.78 is 56.0. The quantitative estimate of drug-likeness (QED) is 0.378. The van der Waals surface area contributed by atoms with Gasteiger partial charge in [0.05, 0.1) is 37.5 Å². The molecular formula is C28H32N2O8S. The smallest absolute Gasteiger partial charge is 0.264 e. The first kappa shape index (κ1) is 27.9. The average molecular weight is 557 g/mol. The van der Waals surface area contributed by atoms with Crippen molar-refractivity contribution in [3.63, 3.8) is 0 Å². The van der Waals surface area contributed by atoms with Gasteiger partial charge in [-0.25, -0.2) is 8.42 Å². The third-order valence-corrected chi connectivity index (χ3v) is 7.88. The number of hydrogen-bond donors (Lipinski definition) is 1. The molecule has 0 radical (unpaired) electrons. The first-order valence-electron chi connectivity index (χ1n) is 12.4. The number of nitrogens with one attached hydrogen (secondary N) is 1. The van der Waals surface area contributed by atoms with Crippen LogP contribution >= 0.6 is 0 Å². The number of amides is 1. The van der Waals surface area contributed by atoms with Crippen LogP contribution in [-0.2, 0) is 14.8 Å². The van der Waals surface area contributed by atoms with Crippen molar-refractivity contribution in [1.29, 1.82) is 0 Å². The van der Waals surface area contributed by atoms with Crippen LogP contribution in [0.15, 0.2) is 65.6 Å². The zero-order valence-electron chi connectivity index (χ0n) is 22.3. The van der Waals surface area contributed by atoms with Crippen molar-refractivity contribution in [3.8, 4) is 28.7 Å². The Kier molecular flexibility index (Phi) is 8.70. The van der Waals surface area contributed by atoms with E-state index >= 15 is 0 Å². The fraction of sp³-hybridized carbons (Fsp3) is 0.321. The Morgan fingerprint density at radius 2 is 1.64 bits per heavy atom. The van der Waals surface area contributed by atoms with E-state index in [2.05, 4.69) is 5.32 Å². The van der Waals surface area contributed by atoms with Gasteiger partial charge in [-0.1, -0.05) is 6.07 Å². The number of rotatable bonds is 11. The maximum atomic E-state index is 13.9. The highest BCUT2D eigenvalue weighted by Gasteiger charge is 2.29. The van der Waals surface area contributed by atoms with Crippen molar-refractivity contribution in [2.45, 2.75) is 24.8 Å². The summed E-state index contributed by atoms with van der Waals surface area (Å²) in [7, 11) is -1.30. The molecule has 1 amide bonds. The Hall–Kier alpha value is -4.12. The predicted octanol–water partition coefficient (Wildman–Crippen LogP) is 3.95. The van der Waals surface area contributed by atoms with Crippen LogP contribution in [0.2, 0.25) is 0 Å². The van der Waals surface area contributed by atoms with E-state index in [1.807, 2.05) is 26.0 Å². The minimum absolute atomic E-state index is 0.0540. The molecule has 10 nitrogen and oxygen atoms in total. The lowest BCUT2D eigenvalue weighted by atomic mass is 10.1. The van der Waals surface area contributed by atoms with Crippen molar-refractivity contribution < 1.29 is 36.9 Å². The number of carbonyl (C=O) groups is 1. The topological polar surface area (TPSA) is 113 Å². The van der Waals surface area contributed by atoms with Crippen molar-refractivity contribution in [2.75, 3.05) is 44.9 Å². The van der Waals surface area contributed by atoms with E-state index in [0.29, 0.717) is 48.5 Å². The van der Waals surface area contributed by atoms with E-state index in [1.165, 1.54) is 32.4 Å². The Bertz CT molecular complexity index is 1410. The van der Waals surface area contributed by atoms with Crippen LogP contribution < -0.4 is 33.3 Å². The summed E-state index contributed by atoms with van der Waals surface area (Å²) >= 11 is 0. The van der Waals surface area contributed by atoms with E-state index in [-0.39, 0.29) is 10.6 Å². The summed E-state index contributed by atoms with van der Waals surface area (Å²) in [6, 6.07) is 15.8. The molecule has 208 valence electrons. The van der Waals surface area contributed by atoms with E-state index in [4.69, 9.17) is 23.7 Å². The van der Waals surface area contributed by atoms with Crippen LogP contribution in [0.3, 0.4) is 0 Å². The maximum absolute atomic E-state index is 13.9. The van der Waals surface area contributed by atoms with Crippen molar-refractivity contribution in [1.82, 2.24) is 5.32 Å². The van der Waals surface area contributed by atoms with E-state index in [0.717, 1.165) is 9.87 Å². The number of ether oxygens (including phenoxy) is 5. The summed E-state index contributed by atoms with van der Waals surface area (Å²) in [5.41, 5.74) is 1.10. The standard InChI is InChI=1S/C28H32N2O8S/c1-5-36-22-9-7-21(8-10-22)30(39(32,33)23-11-13-24(34-3)26(17-23)35-4)18-28(31)29-19(2)20-6-12-25-27(16-20)38-15-14-37-25/h6-13,16-17,19H,5,14-15,18H2,1-4H3,(H,29,31). The van der Waals surface area contributed by atoms with Gasteiger partial charge in [0.2, 0.25) is 5.91 Å². The molecule has 1 N–H and O–H groups in total. The van der Waals surface area contributed by atoms with Crippen molar-refractivity contribution >= 4 is 21.6 Å². The average Bonchev–Trinajstić information content (AvgIpc) is 2.95. The first-order valence-corrected chi connectivity index (χ1v) is 13.9. The Labute approximate surface area is 228 Å². The lowest BCUT2D eigenvalue weighted by Gasteiger charge is -2.26. The molecule has 1 aliphatic rings. The highest BCUT2D eigenvalue weighted by atomic mass is 32.2. The number of nitrogens with zero attached hydrogens (tertiary/aromatic N) is 1. The van der Waals surface area contributed by atoms with Crippen LogP contribution in [-0.4, -0.2) is 54.9 Å². The van der Waals surface area contributed by atoms with E-state index < -0.39 is 28.5 Å². The largest absolute Gasteiger partial charge is 0.494 e. The van der Waals surface area contributed by atoms with Crippen molar-refractivity contribution in [3.05, 3.63) is 66.2 Å². The fourth-order valence-electron chi connectivity index (χ4n) is 4.12. The van der Waals surface area contributed by atoms with Crippen LogP contribution in [0, 0.1) is 0 Å². The number of benzene rings is 3. The molecule has 0 spiro atoms. The molecule has 0 aromatic heterocycles. The normalized spacial score (nSPS) is 13.2. The number of anilines is 1. The van der Waals surface area contributed by atoms with E-state index in [9.17, 15) is 13.2 Å². The molecule has 11 heteroatoms. The molecule has 3 aromatic carbocycles. The first-order chi connectivity index (χ1) is 18.8. The van der Waals surface area contributed by atoms with Crippen LogP contribution in [0.4, 0.5) is 5.69 Å². The molecule has 0 fully saturated rings. The van der Waals surface area contributed by atoms with Crippen LogP contribution in [0.5, 0.6) is 28.7 Å². The van der Waals surface area contributed by atoms with Crippen LogP contribution in [0.1, 0.15) is 25.5 Å².